The topological polar surface area (TPSA) is 80.5 Å². The number of likely N-dealkylation sites (tertiary alicyclic amines) is 1. The Balaban J connectivity index is 2.14. The number of hydrogen-bond acceptors (Lipinski definition) is 5. The van der Waals surface area contributed by atoms with Gasteiger partial charge in [0.2, 0.25) is 0 Å². The second-order valence-corrected chi connectivity index (χ2v) is 5.47. The summed E-state index contributed by atoms with van der Waals surface area (Å²) in [7, 11) is 1.68. The van der Waals surface area contributed by atoms with Crippen molar-refractivity contribution in [2.45, 2.75) is 6.42 Å². The first kappa shape index (κ1) is 14.2. The smallest absolute Gasteiger partial charge is 0.257 e. The van der Waals surface area contributed by atoms with E-state index in [1.807, 2.05) is 4.90 Å². The fourth-order valence-electron chi connectivity index (χ4n) is 2.28. The molecule has 1 aliphatic heterocycles. The summed E-state index contributed by atoms with van der Waals surface area (Å²) in [6.45, 7) is 2.13. The number of carbonyl (C=O) groups is 1. The number of amides is 1. The highest BCUT2D eigenvalue weighted by Crippen LogP contribution is 2.23. The number of carbonyl (C=O) groups excluding carboxylic acids is 1. The Morgan fingerprint density at radius 1 is 1.74 bits per heavy atom. The highest BCUT2D eigenvalue weighted by molar-refractivity contribution is 9.10. The Labute approximate surface area is 120 Å². The van der Waals surface area contributed by atoms with Crippen LogP contribution in [-0.2, 0) is 4.74 Å². The van der Waals surface area contributed by atoms with Crippen LogP contribution >= 0.6 is 15.9 Å². The van der Waals surface area contributed by atoms with Gasteiger partial charge in [0.05, 0.1) is 12.2 Å². The zero-order chi connectivity index (χ0) is 13.8. The summed E-state index contributed by atoms with van der Waals surface area (Å²) in [5.74, 6) is 6.14. The largest absolute Gasteiger partial charge is 0.384 e. The van der Waals surface area contributed by atoms with Gasteiger partial charge in [-0.25, -0.2) is 10.8 Å². The molecule has 1 aromatic rings. The SMILES string of the molecule is COCC1CCN(C(=O)c2cc(Br)cnc2NN)C1. The molecule has 0 aromatic carbocycles. The minimum absolute atomic E-state index is 0.0552. The van der Waals surface area contributed by atoms with E-state index < -0.39 is 0 Å². The number of nitrogens with zero attached hydrogens (tertiary/aromatic N) is 2. The first-order valence-corrected chi connectivity index (χ1v) is 6.85. The molecule has 1 unspecified atom stereocenters. The fraction of sp³-hybridized carbons (Fsp3) is 0.500. The number of hydrazine groups is 1. The third-order valence-corrected chi connectivity index (χ3v) is 3.63. The summed E-state index contributed by atoms with van der Waals surface area (Å²) in [5.41, 5.74) is 2.94. The number of anilines is 1. The summed E-state index contributed by atoms with van der Waals surface area (Å²) in [5, 5.41) is 0. The molecule has 19 heavy (non-hydrogen) atoms. The Kier molecular flexibility index (Phi) is 4.73. The van der Waals surface area contributed by atoms with E-state index in [9.17, 15) is 4.79 Å². The van der Waals surface area contributed by atoms with E-state index in [-0.39, 0.29) is 5.91 Å². The number of ether oxygens (including phenoxy) is 1. The van der Waals surface area contributed by atoms with Crippen LogP contribution in [0.5, 0.6) is 0 Å². The van der Waals surface area contributed by atoms with Gasteiger partial charge in [0.1, 0.15) is 0 Å². The predicted molar refractivity (Wildman–Crippen MR) is 75.6 cm³/mol. The van der Waals surface area contributed by atoms with Crippen LogP contribution < -0.4 is 11.3 Å². The van der Waals surface area contributed by atoms with Gasteiger partial charge in [0.25, 0.3) is 5.91 Å². The predicted octanol–water partition coefficient (Wildman–Crippen LogP) is 1.24. The Morgan fingerprint density at radius 3 is 3.21 bits per heavy atom. The molecule has 1 saturated heterocycles. The third-order valence-electron chi connectivity index (χ3n) is 3.20. The molecular formula is C12H17BrN4O2. The molecule has 2 heterocycles. The van der Waals surface area contributed by atoms with Crippen molar-refractivity contribution in [3.63, 3.8) is 0 Å². The van der Waals surface area contributed by atoms with Crippen molar-refractivity contribution in [1.82, 2.24) is 9.88 Å². The summed E-state index contributed by atoms with van der Waals surface area (Å²) < 4.78 is 5.89. The number of halogens is 1. The summed E-state index contributed by atoms with van der Waals surface area (Å²) in [6, 6.07) is 1.73. The standard InChI is InChI=1S/C12H17BrN4O2/c1-19-7-8-2-3-17(6-8)12(18)10-4-9(13)5-15-11(10)16-14/h4-5,8H,2-3,6-7,14H2,1H3,(H,15,16). The van der Waals surface area contributed by atoms with Gasteiger partial charge in [-0.05, 0) is 28.4 Å². The van der Waals surface area contributed by atoms with Crippen LogP contribution in [0.3, 0.4) is 0 Å². The lowest BCUT2D eigenvalue weighted by Crippen LogP contribution is -2.30. The van der Waals surface area contributed by atoms with Crippen LogP contribution in [0.15, 0.2) is 16.7 Å². The quantitative estimate of drug-likeness (QED) is 0.642. The van der Waals surface area contributed by atoms with Crippen LogP contribution in [0.1, 0.15) is 16.8 Å². The van der Waals surface area contributed by atoms with Gasteiger partial charge in [-0.2, -0.15) is 0 Å². The lowest BCUT2D eigenvalue weighted by atomic mass is 10.1. The molecule has 3 N–H and O–H groups in total. The van der Waals surface area contributed by atoms with E-state index >= 15 is 0 Å². The molecule has 104 valence electrons. The van der Waals surface area contributed by atoms with Gasteiger partial charge in [0.15, 0.2) is 5.82 Å². The van der Waals surface area contributed by atoms with Gasteiger partial charge in [-0.15, -0.1) is 0 Å². The maximum atomic E-state index is 12.5. The number of nitrogens with two attached hydrogens (primary N) is 1. The summed E-state index contributed by atoms with van der Waals surface area (Å²) in [6.07, 6.45) is 2.57. The molecule has 6 nitrogen and oxygen atoms in total. The number of aromatic nitrogens is 1. The molecule has 0 aliphatic carbocycles. The maximum Gasteiger partial charge on any atom is 0.257 e. The molecule has 1 amide bonds. The van der Waals surface area contributed by atoms with Crippen molar-refractivity contribution in [2.75, 3.05) is 32.2 Å². The molecule has 7 heteroatoms. The number of hydrogen-bond donors (Lipinski definition) is 2. The van der Waals surface area contributed by atoms with E-state index in [4.69, 9.17) is 10.6 Å². The number of nitrogen functional groups attached to an aromatic ring is 1. The average Bonchev–Trinajstić information content (AvgIpc) is 2.87. The van der Waals surface area contributed by atoms with E-state index in [1.54, 1.807) is 19.4 Å². The van der Waals surface area contributed by atoms with Crippen LogP contribution in [0, 0.1) is 5.92 Å². The van der Waals surface area contributed by atoms with Gasteiger partial charge in [0, 0.05) is 36.8 Å². The lowest BCUT2D eigenvalue weighted by Gasteiger charge is -2.18. The molecule has 1 atom stereocenters. The zero-order valence-corrected chi connectivity index (χ0v) is 12.3. The molecule has 0 spiro atoms. The van der Waals surface area contributed by atoms with Crippen LogP contribution in [0.25, 0.3) is 0 Å². The van der Waals surface area contributed by atoms with E-state index in [0.29, 0.717) is 30.5 Å². The second-order valence-electron chi connectivity index (χ2n) is 4.56. The van der Waals surface area contributed by atoms with Crippen molar-refractivity contribution >= 4 is 27.7 Å². The van der Waals surface area contributed by atoms with E-state index in [2.05, 4.69) is 26.3 Å². The zero-order valence-electron chi connectivity index (χ0n) is 10.7. The first-order valence-electron chi connectivity index (χ1n) is 6.06. The first-order chi connectivity index (χ1) is 9.15. The molecule has 0 radical (unpaired) electrons. The van der Waals surface area contributed by atoms with Crippen molar-refractivity contribution in [3.05, 3.63) is 22.3 Å². The fourth-order valence-corrected chi connectivity index (χ4v) is 2.61. The van der Waals surface area contributed by atoms with E-state index in [0.717, 1.165) is 17.4 Å². The van der Waals surface area contributed by atoms with Gasteiger partial charge in [-0.3, -0.25) is 4.79 Å². The van der Waals surface area contributed by atoms with Crippen LogP contribution in [-0.4, -0.2) is 42.6 Å². The van der Waals surface area contributed by atoms with Crippen molar-refractivity contribution in [3.8, 4) is 0 Å². The normalized spacial score (nSPS) is 18.7. The van der Waals surface area contributed by atoms with Crippen LogP contribution in [0.2, 0.25) is 0 Å². The number of nitrogens with one attached hydrogen (secondary N) is 1. The minimum atomic E-state index is -0.0552. The minimum Gasteiger partial charge on any atom is -0.384 e. The Hall–Kier alpha value is -1.18. The molecule has 1 fully saturated rings. The highest BCUT2D eigenvalue weighted by Gasteiger charge is 2.28. The second kappa shape index (κ2) is 6.31. The molecule has 1 aliphatic rings. The molecule has 1 aromatic heterocycles. The Bertz CT molecular complexity index is 469. The number of rotatable bonds is 4. The summed E-state index contributed by atoms with van der Waals surface area (Å²) >= 11 is 3.32. The van der Waals surface area contributed by atoms with Gasteiger partial charge < -0.3 is 15.1 Å². The monoisotopic (exact) mass is 328 g/mol. The molecule has 2 rings (SSSR count). The van der Waals surface area contributed by atoms with Crippen molar-refractivity contribution < 1.29 is 9.53 Å². The summed E-state index contributed by atoms with van der Waals surface area (Å²) in [4.78, 5) is 18.4. The third kappa shape index (κ3) is 3.23. The Morgan fingerprint density at radius 2 is 2.53 bits per heavy atom. The van der Waals surface area contributed by atoms with Gasteiger partial charge >= 0.3 is 0 Å². The molecular weight excluding hydrogens is 312 g/mol. The van der Waals surface area contributed by atoms with Crippen molar-refractivity contribution in [1.29, 1.82) is 0 Å². The van der Waals surface area contributed by atoms with E-state index in [1.165, 1.54) is 0 Å². The van der Waals surface area contributed by atoms with Crippen molar-refractivity contribution in [2.24, 2.45) is 11.8 Å². The van der Waals surface area contributed by atoms with Gasteiger partial charge in [-0.1, -0.05) is 0 Å². The average molecular weight is 329 g/mol. The highest BCUT2D eigenvalue weighted by atomic mass is 79.9. The molecule has 0 bridgehead atoms. The number of methoxy groups -OCH3 is 1. The lowest BCUT2D eigenvalue weighted by molar-refractivity contribution is 0.0776. The van der Waals surface area contributed by atoms with Crippen LogP contribution in [0.4, 0.5) is 5.82 Å². The molecule has 0 saturated carbocycles. The maximum absolute atomic E-state index is 12.5. The number of pyridine rings is 1.